The van der Waals surface area contributed by atoms with Crippen molar-refractivity contribution in [3.63, 3.8) is 0 Å². The molecule has 0 radical (unpaired) electrons. The van der Waals surface area contributed by atoms with E-state index in [0.717, 1.165) is 16.7 Å². The van der Waals surface area contributed by atoms with Crippen LogP contribution in [0.5, 0.6) is 23.0 Å². The molecule has 0 bridgehead atoms. The van der Waals surface area contributed by atoms with Gasteiger partial charge in [-0.15, -0.1) is 0 Å². The van der Waals surface area contributed by atoms with Crippen LogP contribution in [0.4, 0.5) is 21.0 Å². The van der Waals surface area contributed by atoms with Crippen molar-refractivity contribution >= 4 is 41.3 Å². The second kappa shape index (κ2) is 20.1. The van der Waals surface area contributed by atoms with Gasteiger partial charge >= 0.3 is 18.2 Å². The van der Waals surface area contributed by atoms with Crippen LogP contribution >= 0.6 is 0 Å². The van der Waals surface area contributed by atoms with Crippen LogP contribution in [0, 0.1) is 0 Å². The first-order chi connectivity index (χ1) is 31.8. The fraction of sp³-hybridized carbons (Fsp3) is 0.327. The first-order valence-corrected chi connectivity index (χ1v) is 21.4. The van der Waals surface area contributed by atoms with Crippen LogP contribution in [-0.4, -0.2) is 110 Å². The number of hydrogen-bond donors (Lipinski definition) is 2. The standard InChI is InChI=1S/C25H26N2O7.C24H27N3O5/c1-4-9-33-25(31)27-15(2)19-10-16-7-5-6-8-17(16)13-26(19)24(30)18-11-21(32-3)22(12-20(18)27)34-14-23(28)29;1-4-9-31-24(29)27-15(2)19-10-16-7-5-6-8-17(16)13-26(19)23(28)18-11-21(30-3)22(32-14-25)12-20(18)27/h4-8,11-12,15,19H,1,9-10,13-14H2,2-3H3,(H,28,29);4-8,11-12,15,19H,1,9-10,13-14,25H2,2-3H3/t2*15?,19-/m00/s1. The van der Waals surface area contributed by atoms with Gasteiger partial charge in [0.2, 0.25) is 0 Å². The van der Waals surface area contributed by atoms with E-state index in [9.17, 15) is 24.0 Å². The summed E-state index contributed by atoms with van der Waals surface area (Å²) in [7, 11) is 2.89. The summed E-state index contributed by atoms with van der Waals surface area (Å²) in [5, 5.41) is 9.05. The predicted molar refractivity (Wildman–Crippen MR) is 243 cm³/mol. The average Bonchev–Trinajstić information content (AvgIpc) is 3.46. The van der Waals surface area contributed by atoms with Gasteiger partial charge in [0.1, 0.15) is 19.9 Å². The zero-order valence-corrected chi connectivity index (χ0v) is 37.3. The molecule has 17 nitrogen and oxygen atoms in total. The fourth-order valence-electron chi connectivity index (χ4n) is 9.04. The Balaban J connectivity index is 0.000000197. The monoisotopic (exact) mass is 903 g/mol. The molecule has 0 saturated heterocycles. The van der Waals surface area contributed by atoms with Gasteiger partial charge in [-0.1, -0.05) is 73.8 Å². The van der Waals surface area contributed by atoms with Gasteiger partial charge in [0, 0.05) is 25.2 Å². The zero-order chi connectivity index (χ0) is 47.2. The highest BCUT2D eigenvalue weighted by atomic mass is 16.6. The molecule has 4 atom stereocenters. The second-order valence-electron chi connectivity index (χ2n) is 15.9. The summed E-state index contributed by atoms with van der Waals surface area (Å²) in [4.78, 5) is 71.5. The van der Waals surface area contributed by atoms with E-state index >= 15 is 0 Å². The SMILES string of the molecule is C=CCOC(=O)N1c2cc(OCC(=O)O)c(OC)cc2C(=O)N2Cc3ccccc3C[C@H]2C1C.C=CCOC(=O)N1c2cc(OCN)c(OC)cc2C(=O)N2Cc3ccccc3C[C@H]2C1C. The van der Waals surface area contributed by atoms with Crippen molar-refractivity contribution in [3.05, 3.63) is 131 Å². The summed E-state index contributed by atoms with van der Waals surface area (Å²) in [6.45, 7) is 11.2. The summed E-state index contributed by atoms with van der Waals surface area (Å²) in [5.74, 6) is -0.599. The minimum absolute atomic E-state index is 0.00106. The minimum atomic E-state index is -1.17. The van der Waals surface area contributed by atoms with Crippen LogP contribution in [0.25, 0.3) is 0 Å². The Labute approximate surface area is 382 Å². The maximum absolute atomic E-state index is 13.8. The van der Waals surface area contributed by atoms with E-state index in [1.54, 1.807) is 17.0 Å². The molecule has 4 aliphatic rings. The normalized spacial score (nSPS) is 19.0. The van der Waals surface area contributed by atoms with Crippen molar-refractivity contribution in [2.45, 2.75) is 63.9 Å². The Morgan fingerprint density at radius 1 is 0.667 bits per heavy atom. The predicted octanol–water partition coefficient (Wildman–Crippen LogP) is 6.35. The molecule has 4 aromatic rings. The number of carboxylic acid groups (broad SMARTS) is 1. The molecule has 4 amide bonds. The third-order valence-corrected chi connectivity index (χ3v) is 12.2. The third-order valence-electron chi connectivity index (χ3n) is 12.2. The molecule has 3 N–H and O–H groups in total. The number of rotatable bonds is 11. The van der Waals surface area contributed by atoms with Crippen LogP contribution in [-0.2, 0) is 40.2 Å². The third kappa shape index (κ3) is 9.06. The number of benzene rings is 4. The number of carboxylic acids is 1. The number of hydrogen-bond acceptors (Lipinski definition) is 12. The number of fused-ring (bicyclic) bond motifs is 6. The molecular weight excluding hydrogens is 851 g/mol. The minimum Gasteiger partial charge on any atom is -0.493 e. The van der Waals surface area contributed by atoms with Crippen molar-refractivity contribution in [2.24, 2.45) is 5.73 Å². The van der Waals surface area contributed by atoms with E-state index in [-0.39, 0.29) is 72.6 Å². The van der Waals surface area contributed by atoms with Gasteiger partial charge in [0.25, 0.3) is 11.8 Å². The zero-order valence-electron chi connectivity index (χ0n) is 37.3. The van der Waals surface area contributed by atoms with Gasteiger partial charge < -0.3 is 43.3 Å². The van der Waals surface area contributed by atoms with E-state index in [0.29, 0.717) is 48.7 Å². The molecule has 0 saturated carbocycles. The van der Waals surface area contributed by atoms with E-state index in [1.165, 1.54) is 53.9 Å². The Kier molecular flexibility index (Phi) is 14.2. The van der Waals surface area contributed by atoms with E-state index < -0.39 is 30.8 Å². The number of amides is 4. The summed E-state index contributed by atoms with van der Waals surface area (Å²) in [6, 6.07) is 20.8. The largest absolute Gasteiger partial charge is 0.493 e. The molecule has 4 aromatic carbocycles. The molecule has 66 heavy (non-hydrogen) atoms. The average molecular weight is 904 g/mol. The van der Waals surface area contributed by atoms with Crippen LogP contribution in [0.1, 0.15) is 56.8 Å². The summed E-state index contributed by atoms with van der Waals surface area (Å²) in [6.07, 6.45) is 2.97. The number of aliphatic carboxylic acids is 1. The smallest absolute Gasteiger partial charge is 0.414 e. The Morgan fingerprint density at radius 2 is 1.08 bits per heavy atom. The first kappa shape index (κ1) is 46.5. The number of carbonyl (C=O) groups is 5. The summed E-state index contributed by atoms with van der Waals surface area (Å²) >= 11 is 0. The Bertz CT molecular complexity index is 2550. The number of anilines is 2. The molecule has 4 aliphatic heterocycles. The van der Waals surface area contributed by atoms with Crippen LogP contribution in [0.15, 0.2) is 98.1 Å². The Hall–Kier alpha value is -7.53. The number of carbonyl (C=O) groups excluding carboxylic acids is 4. The lowest BCUT2D eigenvalue weighted by molar-refractivity contribution is -0.139. The van der Waals surface area contributed by atoms with E-state index in [4.69, 9.17) is 39.3 Å². The van der Waals surface area contributed by atoms with E-state index in [1.807, 2.05) is 61.2 Å². The van der Waals surface area contributed by atoms with Gasteiger partial charge in [-0.05, 0) is 61.1 Å². The molecule has 4 heterocycles. The maximum Gasteiger partial charge on any atom is 0.414 e. The summed E-state index contributed by atoms with van der Waals surface area (Å²) in [5.41, 5.74) is 11.3. The molecule has 8 rings (SSSR count). The highest BCUT2D eigenvalue weighted by Gasteiger charge is 2.46. The molecule has 17 heteroatoms. The molecule has 0 spiro atoms. The lowest BCUT2D eigenvalue weighted by Gasteiger charge is -2.40. The highest BCUT2D eigenvalue weighted by molar-refractivity contribution is 6.07. The van der Waals surface area contributed by atoms with Gasteiger partial charge in [-0.2, -0.15) is 0 Å². The molecule has 0 aromatic heterocycles. The van der Waals surface area contributed by atoms with Crippen LogP contribution in [0.3, 0.4) is 0 Å². The van der Waals surface area contributed by atoms with Crippen LogP contribution in [0.2, 0.25) is 0 Å². The van der Waals surface area contributed by atoms with Crippen LogP contribution < -0.4 is 34.5 Å². The Morgan fingerprint density at radius 3 is 1.45 bits per heavy atom. The number of methoxy groups -OCH3 is 2. The van der Waals surface area contributed by atoms with Gasteiger partial charge in [0.15, 0.2) is 29.6 Å². The topological polar surface area (TPSA) is 200 Å². The van der Waals surface area contributed by atoms with Crippen molar-refractivity contribution in [3.8, 4) is 23.0 Å². The van der Waals surface area contributed by atoms with Gasteiger partial charge in [0.05, 0.1) is 60.9 Å². The quantitative estimate of drug-likeness (QED) is 0.125. The summed E-state index contributed by atoms with van der Waals surface area (Å²) < 4.78 is 32.5. The maximum atomic E-state index is 13.8. The van der Waals surface area contributed by atoms with Gasteiger partial charge in [-0.25, -0.2) is 14.4 Å². The first-order valence-electron chi connectivity index (χ1n) is 21.4. The number of nitrogens with zero attached hydrogens (tertiary/aromatic N) is 4. The lowest BCUT2D eigenvalue weighted by atomic mass is 9.90. The highest BCUT2D eigenvalue weighted by Crippen LogP contribution is 2.44. The lowest BCUT2D eigenvalue weighted by Crippen LogP contribution is -2.54. The number of ether oxygens (including phenoxy) is 6. The van der Waals surface area contributed by atoms with Crippen molar-refractivity contribution in [2.75, 3.05) is 50.6 Å². The van der Waals surface area contributed by atoms with Crippen molar-refractivity contribution in [1.82, 2.24) is 9.80 Å². The molecule has 0 aliphatic carbocycles. The van der Waals surface area contributed by atoms with E-state index in [2.05, 4.69) is 19.2 Å². The van der Waals surface area contributed by atoms with Gasteiger partial charge in [-0.3, -0.25) is 25.1 Å². The fourth-order valence-corrected chi connectivity index (χ4v) is 9.04. The molecule has 2 unspecified atom stereocenters. The van der Waals surface area contributed by atoms with Crippen molar-refractivity contribution in [1.29, 1.82) is 0 Å². The molecule has 346 valence electrons. The second-order valence-corrected chi connectivity index (χ2v) is 15.9. The molecule has 0 fully saturated rings. The number of nitrogens with two attached hydrogens (primary N) is 1. The van der Waals surface area contributed by atoms with Crippen molar-refractivity contribution < 1.29 is 57.5 Å². The molecular formula is C49H53N5O12.